The number of rotatable bonds is 1. The van der Waals surface area contributed by atoms with Gasteiger partial charge in [-0.25, -0.2) is 0 Å². The molecule has 0 bridgehead atoms. The van der Waals surface area contributed by atoms with Gasteiger partial charge in [0.1, 0.15) is 0 Å². The Morgan fingerprint density at radius 3 is 2.29 bits per heavy atom. The zero-order valence-electron chi connectivity index (χ0n) is 7.57. The molecule has 0 atom stereocenters. The summed E-state index contributed by atoms with van der Waals surface area (Å²) >= 11 is 3.49. The number of hydrogen-bond acceptors (Lipinski definition) is 1. The lowest BCUT2D eigenvalue weighted by Gasteiger charge is -2.06. The largest absolute Gasteiger partial charge is 0.398 e. The molecule has 0 aliphatic carbocycles. The van der Waals surface area contributed by atoms with E-state index in [2.05, 4.69) is 34.1 Å². The van der Waals surface area contributed by atoms with Crippen LogP contribution in [0.1, 0.15) is 0 Å². The van der Waals surface area contributed by atoms with Gasteiger partial charge in [-0.05, 0) is 33.1 Å². The zero-order chi connectivity index (χ0) is 9.97. The van der Waals surface area contributed by atoms with Crippen LogP contribution in [-0.4, -0.2) is 0 Å². The minimum atomic E-state index is 0.770. The molecule has 0 aromatic heterocycles. The number of hydrogen-bond donors (Lipinski definition) is 1. The topological polar surface area (TPSA) is 26.0 Å². The molecule has 0 aliphatic heterocycles. The maximum absolute atomic E-state index is 5.81. The zero-order valence-corrected chi connectivity index (χ0v) is 9.16. The molecule has 0 radical (unpaired) electrons. The number of nitrogen functional groups attached to an aromatic ring is 1. The van der Waals surface area contributed by atoms with Crippen molar-refractivity contribution in [1.82, 2.24) is 0 Å². The van der Waals surface area contributed by atoms with E-state index in [9.17, 15) is 0 Å². The van der Waals surface area contributed by atoms with E-state index < -0.39 is 0 Å². The summed E-state index contributed by atoms with van der Waals surface area (Å²) in [5.74, 6) is 0. The van der Waals surface area contributed by atoms with E-state index in [1.54, 1.807) is 0 Å². The summed E-state index contributed by atoms with van der Waals surface area (Å²) in [6.07, 6.45) is 0. The summed E-state index contributed by atoms with van der Waals surface area (Å²) in [5, 5.41) is 0. The number of nitrogens with two attached hydrogens (primary N) is 1. The lowest BCUT2D eigenvalue weighted by molar-refractivity contribution is 1.58. The Morgan fingerprint density at radius 1 is 0.857 bits per heavy atom. The highest BCUT2D eigenvalue weighted by molar-refractivity contribution is 9.10. The van der Waals surface area contributed by atoms with E-state index in [-0.39, 0.29) is 0 Å². The molecule has 1 nitrogen and oxygen atoms in total. The Morgan fingerprint density at radius 2 is 1.57 bits per heavy atom. The molecule has 0 amide bonds. The maximum atomic E-state index is 5.81. The fourth-order valence-corrected chi connectivity index (χ4v) is 1.88. The van der Waals surface area contributed by atoms with Crippen molar-refractivity contribution in [3.63, 3.8) is 0 Å². The van der Waals surface area contributed by atoms with Gasteiger partial charge in [-0.15, -0.1) is 0 Å². The average molecular weight is 248 g/mol. The fourth-order valence-electron chi connectivity index (χ4n) is 1.39. The molecule has 0 unspecified atom stereocenters. The predicted molar refractivity (Wildman–Crippen MR) is 64.0 cm³/mol. The van der Waals surface area contributed by atoms with Crippen molar-refractivity contribution in [2.24, 2.45) is 0 Å². The Bertz CT molecular complexity index is 437. The summed E-state index contributed by atoms with van der Waals surface area (Å²) in [7, 11) is 0. The van der Waals surface area contributed by atoms with Crippen molar-refractivity contribution >= 4 is 21.6 Å². The van der Waals surface area contributed by atoms with Gasteiger partial charge in [-0.2, -0.15) is 0 Å². The van der Waals surface area contributed by atoms with E-state index in [1.807, 2.05) is 30.3 Å². The fraction of sp³-hybridized carbons (Fsp3) is 0. The first-order valence-corrected chi connectivity index (χ1v) is 5.18. The molecule has 0 saturated carbocycles. The molecule has 2 N–H and O–H groups in total. The highest BCUT2D eigenvalue weighted by atomic mass is 79.9. The van der Waals surface area contributed by atoms with E-state index in [0.717, 1.165) is 15.7 Å². The van der Waals surface area contributed by atoms with Crippen LogP contribution in [0.3, 0.4) is 0 Å². The minimum Gasteiger partial charge on any atom is -0.398 e. The van der Waals surface area contributed by atoms with E-state index in [1.165, 1.54) is 5.56 Å². The van der Waals surface area contributed by atoms with Crippen LogP contribution in [0, 0.1) is 0 Å². The molecule has 2 heteroatoms. The summed E-state index contributed by atoms with van der Waals surface area (Å²) in [5.41, 5.74) is 8.88. The first-order chi connectivity index (χ1) is 6.79. The molecule has 0 aliphatic rings. The molecule has 14 heavy (non-hydrogen) atoms. The van der Waals surface area contributed by atoms with E-state index in [0.29, 0.717) is 0 Å². The van der Waals surface area contributed by atoms with Crippen LogP contribution in [0.15, 0.2) is 53.0 Å². The highest BCUT2D eigenvalue weighted by Crippen LogP contribution is 2.31. The van der Waals surface area contributed by atoms with Gasteiger partial charge in [0.25, 0.3) is 0 Å². The molecule has 2 aromatic carbocycles. The Balaban J connectivity index is 2.58. The van der Waals surface area contributed by atoms with Crippen molar-refractivity contribution in [3.05, 3.63) is 53.0 Å². The maximum Gasteiger partial charge on any atom is 0.0483 e. The van der Waals surface area contributed by atoms with Crippen molar-refractivity contribution in [1.29, 1.82) is 0 Å². The quantitative estimate of drug-likeness (QED) is 0.765. The van der Waals surface area contributed by atoms with Crippen molar-refractivity contribution < 1.29 is 0 Å². The van der Waals surface area contributed by atoms with E-state index >= 15 is 0 Å². The van der Waals surface area contributed by atoms with Crippen LogP contribution in [0.25, 0.3) is 11.1 Å². The Labute approximate surface area is 91.7 Å². The van der Waals surface area contributed by atoms with Crippen molar-refractivity contribution in [2.75, 3.05) is 5.73 Å². The summed E-state index contributed by atoms with van der Waals surface area (Å²) in [6, 6.07) is 16.1. The normalized spacial score (nSPS) is 10.1. The third-order valence-electron chi connectivity index (χ3n) is 2.11. The van der Waals surface area contributed by atoms with Gasteiger partial charge >= 0.3 is 0 Å². The second-order valence-corrected chi connectivity index (χ2v) is 3.87. The SMILES string of the molecule is Nc1cccc(-c2ccccc2)c1Br. The van der Waals surface area contributed by atoms with Crippen LogP contribution in [-0.2, 0) is 0 Å². The predicted octanol–water partition coefficient (Wildman–Crippen LogP) is 3.70. The van der Waals surface area contributed by atoms with Gasteiger partial charge in [0.05, 0.1) is 0 Å². The third kappa shape index (κ3) is 1.66. The van der Waals surface area contributed by atoms with Crippen LogP contribution in [0.5, 0.6) is 0 Å². The molecule has 0 fully saturated rings. The smallest absolute Gasteiger partial charge is 0.0483 e. The summed E-state index contributed by atoms with van der Waals surface area (Å²) < 4.78 is 0.964. The molecule has 0 heterocycles. The van der Waals surface area contributed by atoms with Gasteiger partial charge in [-0.1, -0.05) is 42.5 Å². The van der Waals surface area contributed by atoms with Crippen LogP contribution >= 0.6 is 15.9 Å². The van der Waals surface area contributed by atoms with E-state index in [4.69, 9.17) is 5.73 Å². The van der Waals surface area contributed by atoms with Crippen molar-refractivity contribution in [2.45, 2.75) is 0 Å². The Kier molecular flexibility index (Phi) is 2.55. The first kappa shape index (κ1) is 9.28. The lowest BCUT2D eigenvalue weighted by Crippen LogP contribution is -1.88. The molecular weight excluding hydrogens is 238 g/mol. The van der Waals surface area contributed by atoms with Gasteiger partial charge in [0.2, 0.25) is 0 Å². The van der Waals surface area contributed by atoms with Crippen molar-refractivity contribution in [3.8, 4) is 11.1 Å². The third-order valence-corrected chi connectivity index (χ3v) is 3.00. The average Bonchev–Trinajstić information content (AvgIpc) is 2.23. The van der Waals surface area contributed by atoms with Gasteiger partial charge in [-0.3, -0.25) is 0 Å². The van der Waals surface area contributed by atoms with Crippen LogP contribution in [0.2, 0.25) is 0 Å². The Hall–Kier alpha value is -1.28. The monoisotopic (exact) mass is 247 g/mol. The molecule has 2 aromatic rings. The van der Waals surface area contributed by atoms with Gasteiger partial charge < -0.3 is 5.73 Å². The molecule has 2 rings (SSSR count). The number of halogens is 1. The number of benzene rings is 2. The lowest BCUT2D eigenvalue weighted by atomic mass is 10.1. The second-order valence-electron chi connectivity index (χ2n) is 3.07. The molecule has 0 spiro atoms. The van der Waals surface area contributed by atoms with Gasteiger partial charge in [0.15, 0.2) is 0 Å². The van der Waals surface area contributed by atoms with Crippen LogP contribution in [0.4, 0.5) is 5.69 Å². The summed E-state index contributed by atoms with van der Waals surface area (Å²) in [6.45, 7) is 0. The first-order valence-electron chi connectivity index (χ1n) is 4.38. The molecule has 0 saturated heterocycles. The highest BCUT2D eigenvalue weighted by Gasteiger charge is 2.03. The molecular formula is C12H10BrN. The standard InChI is InChI=1S/C12H10BrN/c13-12-10(7-4-8-11(12)14)9-5-2-1-3-6-9/h1-8H,14H2. The molecule has 70 valence electrons. The van der Waals surface area contributed by atoms with Crippen LogP contribution < -0.4 is 5.73 Å². The second kappa shape index (κ2) is 3.84. The number of anilines is 1. The summed E-state index contributed by atoms with van der Waals surface area (Å²) in [4.78, 5) is 0. The van der Waals surface area contributed by atoms with Gasteiger partial charge in [0, 0.05) is 10.2 Å². The minimum absolute atomic E-state index is 0.770.